The van der Waals surface area contributed by atoms with Gasteiger partial charge in [-0.25, -0.2) is 4.98 Å². The number of imidazole rings is 1. The Labute approximate surface area is 158 Å². The fourth-order valence-electron chi connectivity index (χ4n) is 3.90. The number of benzene rings is 1. The van der Waals surface area contributed by atoms with Gasteiger partial charge in [0.15, 0.2) is 0 Å². The van der Waals surface area contributed by atoms with Crippen molar-refractivity contribution in [1.82, 2.24) is 19.8 Å². The van der Waals surface area contributed by atoms with Crippen molar-refractivity contribution in [3.8, 4) is 5.75 Å². The molecule has 1 aromatic heterocycles. The Bertz CT molecular complexity index is 862. The zero-order chi connectivity index (χ0) is 18.9. The number of carbonyl (C=O) groups is 2. The predicted molar refractivity (Wildman–Crippen MR) is 99.5 cm³/mol. The van der Waals surface area contributed by atoms with Crippen LogP contribution >= 0.6 is 0 Å². The van der Waals surface area contributed by atoms with Crippen LogP contribution in [0.2, 0.25) is 0 Å². The molecule has 0 bridgehead atoms. The van der Waals surface area contributed by atoms with E-state index in [2.05, 4.69) is 10.3 Å². The zero-order valence-electron chi connectivity index (χ0n) is 15.5. The molecule has 1 fully saturated rings. The molecule has 1 saturated heterocycles. The second kappa shape index (κ2) is 7.06. The summed E-state index contributed by atoms with van der Waals surface area (Å²) in [5.74, 6) is 1.48. The summed E-state index contributed by atoms with van der Waals surface area (Å²) in [6.07, 6.45) is 5.73. The number of likely N-dealkylation sites (tertiary alicyclic amines) is 1. The van der Waals surface area contributed by atoms with Gasteiger partial charge in [0.2, 0.25) is 5.91 Å². The molecule has 2 aliphatic heterocycles. The minimum Gasteiger partial charge on any atom is -0.483 e. The summed E-state index contributed by atoms with van der Waals surface area (Å²) in [5.41, 5.74) is -0.0189. The summed E-state index contributed by atoms with van der Waals surface area (Å²) in [4.78, 5) is 31.2. The highest BCUT2D eigenvalue weighted by molar-refractivity contribution is 5.97. The maximum atomic E-state index is 12.8. The van der Waals surface area contributed by atoms with E-state index in [1.807, 2.05) is 40.8 Å². The summed E-state index contributed by atoms with van der Waals surface area (Å²) in [7, 11) is 0. The van der Waals surface area contributed by atoms with Crippen molar-refractivity contribution >= 4 is 11.8 Å². The molecule has 3 heterocycles. The van der Waals surface area contributed by atoms with Crippen LogP contribution in [-0.2, 0) is 11.3 Å². The molecule has 4 rings (SSSR count). The van der Waals surface area contributed by atoms with Crippen LogP contribution in [0, 0.1) is 6.92 Å². The fraction of sp³-hybridized carbons (Fsp3) is 0.450. The first-order valence-electron chi connectivity index (χ1n) is 9.38. The number of carbonyl (C=O) groups excluding carboxylic acids is 2. The van der Waals surface area contributed by atoms with Crippen LogP contribution < -0.4 is 10.1 Å². The highest BCUT2D eigenvalue weighted by Crippen LogP contribution is 2.32. The first-order chi connectivity index (χ1) is 13.1. The monoisotopic (exact) mass is 368 g/mol. The van der Waals surface area contributed by atoms with Crippen molar-refractivity contribution in [2.24, 2.45) is 0 Å². The van der Waals surface area contributed by atoms with Gasteiger partial charge in [0.05, 0.1) is 18.7 Å². The number of aromatic nitrogens is 2. The molecular weight excluding hydrogens is 344 g/mol. The number of hydrogen-bond acceptors (Lipinski definition) is 4. The second-order valence-corrected chi connectivity index (χ2v) is 7.30. The summed E-state index contributed by atoms with van der Waals surface area (Å²) >= 11 is 0. The van der Waals surface area contributed by atoms with Crippen molar-refractivity contribution in [3.05, 3.63) is 48.0 Å². The van der Waals surface area contributed by atoms with Crippen LogP contribution in [0.5, 0.6) is 5.75 Å². The third-order valence-corrected chi connectivity index (χ3v) is 5.41. The lowest BCUT2D eigenvalue weighted by Gasteiger charge is -2.42. The number of hydrogen-bond donors (Lipinski definition) is 1. The van der Waals surface area contributed by atoms with Gasteiger partial charge < -0.3 is 19.5 Å². The Morgan fingerprint density at radius 3 is 3.04 bits per heavy atom. The number of amides is 2. The molecule has 1 atom stereocenters. The highest BCUT2D eigenvalue weighted by Gasteiger charge is 2.41. The normalized spacial score (nSPS) is 22.0. The number of rotatable bonds is 3. The Morgan fingerprint density at radius 2 is 2.22 bits per heavy atom. The molecule has 2 amide bonds. The van der Waals surface area contributed by atoms with Gasteiger partial charge >= 0.3 is 0 Å². The number of fused-ring (bicyclic) bond motifs is 1. The third kappa shape index (κ3) is 3.54. The molecule has 7 nitrogen and oxygen atoms in total. The lowest BCUT2D eigenvalue weighted by molar-refractivity contribution is -0.137. The van der Waals surface area contributed by atoms with E-state index in [0.717, 1.165) is 25.2 Å². The van der Waals surface area contributed by atoms with Crippen LogP contribution in [0.25, 0.3) is 0 Å². The third-order valence-electron chi connectivity index (χ3n) is 5.41. The van der Waals surface area contributed by atoms with E-state index in [1.165, 1.54) is 0 Å². The van der Waals surface area contributed by atoms with Crippen LogP contribution in [0.3, 0.4) is 0 Å². The van der Waals surface area contributed by atoms with E-state index < -0.39 is 5.60 Å². The molecule has 1 spiro atoms. The summed E-state index contributed by atoms with van der Waals surface area (Å²) in [6.45, 7) is 4.17. The van der Waals surface area contributed by atoms with Crippen molar-refractivity contribution in [1.29, 1.82) is 0 Å². The first kappa shape index (κ1) is 17.6. The van der Waals surface area contributed by atoms with E-state index in [9.17, 15) is 9.59 Å². The van der Waals surface area contributed by atoms with Crippen molar-refractivity contribution in [2.45, 2.75) is 38.3 Å². The Balaban J connectivity index is 1.46. The van der Waals surface area contributed by atoms with Gasteiger partial charge in [-0.1, -0.05) is 12.1 Å². The molecule has 2 aromatic rings. The maximum Gasteiger partial charge on any atom is 0.255 e. The molecule has 0 aliphatic carbocycles. The number of nitrogens with zero attached hydrogens (tertiary/aromatic N) is 3. The average Bonchev–Trinajstić information content (AvgIpc) is 3.04. The fourth-order valence-corrected chi connectivity index (χ4v) is 3.90. The van der Waals surface area contributed by atoms with E-state index in [4.69, 9.17) is 4.74 Å². The van der Waals surface area contributed by atoms with Gasteiger partial charge in [-0.2, -0.15) is 0 Å². The number of piperidine rings is 1. The molecule has 0 unspecified atom stereocenters. The second-order valence-electron chi connectivity index (χ2n) is 7.30. The van der Waals surface area contributed by atoms with Crippen LogP contribution in [-0.4, -0.2) is 51.5 Å². The van der Waals surface area contributed by atoms with Gasteiger partial charge in [-0.15, -0.1) is 0 Å². The Hall–Kier alpha value is -2.83. The molecule has 142 valence electrons. The van der Waals surface area contributed by atoms with Gasteiger partial charge in [0, 0.05) is 31.9 Å². The lowest BCUT2D eigenvalue weighted by atomic mass is 9.92. The Morgan fingerprint density at radius 1 is 1.37 bits per heavy atom. The number of ether oxygens (including phenoxy) is 1. The predicted octanol–water partition coefficient (Wildman–Crippen LogP) is 1.77. The number of aryl methyl sites for hydroxylation is 2. The molecule has 0 radical (unpaired) electrons. The maximum absolute atomic E-state index is 12.8. The molecule has 27 heavy (non-hydrogen) atoms. The van der Waals surface area contributed by atoms with Gasteiger partial charge in [-0.05, 0) is 31.9 Å². The van der Waals surface area contributed by atoms with Crippen molar-refractivity contribution < 1.29 is 14.3 Å². The summed E-state index contributed by atoms with van der Waals surface area (Å²) in [5, 5.41) is 2.97. The quantitative estimate of drug-likeness (QED) is 0.896. The smallest absolute Gasteiger partial charge is 0.255 e. The van der Waals surface area contributed by atoms with Crippen molar-refractivity contribution in [2.75, 3.05) is 19.6 Å². The molecular formula is C20H24N4O3. The van der Waals surface area contributed by atoms with E-state index in [0.29, 0.717) is 37.4 Å². The highest BCUT2D eigenvalue weighted by atomic mass is 16.5. The summed E-state index contributed by atoms with van der Waals surface area (Å²) < 4.78 is 8.30. The zero-order valence-corrected chi connectivity index (χ0v) is 15.5. The van der Waals surface area contributed by atoms with E-state index in [-0.39, 0.29) is 11.8 Å². The van der Waals surface area contributed by atoms with Crippen LogP contribution in [0.1, 0.15) is 35.4 Å². The topological polar surface area (TPSA) is 76.5 Å². The first-order valence-corrected chi connectivity index (χ1v) is 9.38. The standard InChI is InChI=1S/C20H24N4O3/c1-15-21-9-12-23(15)11-7-18(25)24-10-4-8-20(14-24)13-22-19(26)16-5-2-3-6-17(16)27-20/h2-3,5-6,9,12H,4,7-8,10-11,13-14H2,1H3,(H,22,26)/t20-/m0/s1. The minimum absolute atomic E-state index is 0.106. The van der Waals surface area contributed by atoms with Crippen LogP contribution in [0.4, 0.5) is 0 Å². The summed E-state index contributed by atoms with van der Waals surface area (Å²) in [6, 6.07) is 7.28. The van der Waals surface area contributed by atoms with Crippen LogP contribution in [0.15, 0.2) is 36.7 Å². The van der Waals surface area contributed by atoms with E-state index >= 15 is 0 Å². The van der Waals surface area contributed by atoms with Gasteiger partial charge in [0.25, 0.3) is 5.91 Å². The molecule has 7 heteroatoms. The largest absolute Gasteiger partial charge is 0.483 e. The van der Waals surface area contributed by atoms with E-state index in [1.54, 1.807) is 12.3 Å². The van der Waals surface area contributed by atoms with Gasteiger partial charge in [-0.3, -0.25) is 9.59 Å². The SMILES string of the molecule is Cc1nccn1CCC(=O)N1CCC[C@]2(CNC(=O)c3ccccc3O2)C1. The van der Waals surface area contributed by atoms with Gasteiger partial charge in [0.1, 0.15) is 17.2 Å². The van der Waals surface area contributed by atoms with Crippen molar-refractivity contribution in [3.63, 3.8) is 0 Å². The average molecular weight is 368 g/mol. The molecule has 2 aliphatic rings. The lowest BCUT2D eigenvalue weighted by Crippen LogP contribution is -2.58. The molecule has 0 saturated carbocycles. The molecule has 1 aromatic carbocycles. The number of para-hydroxylation sites is 1. The Kier molecular flexibility index (Phi) is 4.59. The molecule has 1 N–H and O–H groups in total. The minimum atomic E-state index is -0.568. The number of nitrogens with one attached hydrogen (secondary N) is 1.